The fourth-order valence-corrected chi connectivity index (χ4v) is 5.33. The van der Waals surface area contributed by atoms with Crippen molar-refractivity contribution < 1.29 is 18.2 Å². The second-order valence-electron chi connectivity index (χ2n) is 8.64. The molecule has 3 aromatic rings. The Morgan fingerprint density at radius 2 is 1.92 bits per heavy atom. The molecule has 1 aliphatic heterocycles. The Balaban J connectivity index is 1.17. The number of anilines is 1. The van der Waals surface area contributed by atoms with Gasteiger partial charge in [-0.3, -0.25) is 13.9 Å². The molecule has 0 saturated carbocycles. The van der Waals surface area contributed by atoms with E-state index in [4.69, 9.17) is 20.8 Å². The van der Waals surface area contributed by atoms with Crippen LogP contribution in [0.5, 0.6) is 5.75 Å². The van der Waals surface area contributed by atoms with Gasteiger partial charge in [0.15, 0.2) is 0 Å². The minimum Gasteiger partial charge on any atom is -0.497 e. The highest BCUT2D eigenvalue weighted by atomic mass is 35.5. The summed E-state index contributed by atoms with van der Waals surface area (Å²) in [4.78, 5) is 21.4. The number of methoxy groups -OCH3 is 1. The summed E-state index contributed by atoms with van der Waals surface area (Å²) in [6, 6.07) is 15.3. The van der Waals surface area contributed by atoms with E-state index in [-0.39, 0.29) is 17.4 Å². The number of hydrogen-bond donors (Lipinski definition) is 1. The van der Waals surface area contributed by atoms with Crippen molar-refractivity contribution in [3.8, 4) is 17.2 Å². The maximum absolute atomic E-state index is 12.6. The van der Waals surface area contributed by atoms with Crippen LogP contribution in [0.3, 0.4) is 0 Å². The van der Waals surface area contributed by atoms with Crippen LogP contribution >= 0.6 is 11.6 Å². The third-order valence-corrected chi connectivity index (χ3v) is 7.53. The quantitative estimate of drug-likeness (QED) is 0.429. The molecule has 192 valence electrons. The number of amides is 1. The van der Waals surface area contributed by atoms with Crippen LogP contribution < -0.4 is 15.0 Å². The number of carbonyl (C=O) groups excluding carboxylic acids is 1. The minimum absolute atomic E-state index is 0.0628. The van der Waals surface area contributed by atoms with E-state index in [0.717, 1.165) is 54.7 Å². The Morgan fingerprint density at radius 1 is 1.17 bits per heavy atom. The molecule has 0 aliphatic carbocycles. The number of nitrogens with one attached hydrogen (secondary N) is 1. The van der Waals surface area contributed by atoms with Crippen LogP contribution in [0.4, 0.5) is 5.69 Å². The maximum atomic E-state index is 12.6. The number of halogens is 1. The Kier molecular flexibility index (Phi) is 9.01. The van der Waals surface area contributed by atoms with E-state index < -0.39 is 10.8 Å². The van der Waals surface area contributed by atoms with E-state index in [1.165, 1.54) is 0 Å². The Morgan fingerprint density at radius 3 is 2.61 bits per heavy atom. The molecule has 10 heteroatoms. The fraction of sp³-hybridized carbons (Fsp3) is 0.385. The van der Waals surface area contributed by atoms with E-state index in [0.29, 0.717) is 23.9 Å². The molecule has 1 aliphatic rings. The van der Waals surface area contributed by atoms with Gasteiger partial charge in [0.2, 0.25) is 11.8 Å². The van der Waals surface area contributed by atoms with Crippen molar-refractivity contribution >= 4 is 34.0 Å². The van der Waals surface area contributed by atoms with Gasteiger partial charge in [-0.05, 0) is 49.4 Å². The molecule has 8 nitrogen and oxygen atoms in total. The molecule has 0 spiro atoms. The summed E-state index contributed by atoms with van der Waals surface area (Å²) in [5.74, 6) is 1.70. The highest BCUT2D eigenvalue weighted by molar-refractivity contribution is 7.84. The van der Waals surface area contributed by atoms with Gasteiger partial charge in [0.05, 0.1) is 18.6 Å². The lowest BCUT2D eigenvalue weighted by Crippen LogP contribution is -2.48. The van der Waals surface area contributed by atoms with Crippen LogP contribution in [0, 0.1) is 6.92 Å². The number of ether oxygens (including phenoxy) is 1. The van der Waals surface area contributed by atoms with Gasteiger partial charge in [0.25, 0.3) is 0 Å². The van der Waals surface area contributed by atoms with Crippen LogP contribution in [0.25, 0.3) is 11.5 Å². The fourth-order valence-electron chi connectivity index (χ4n) is 4.08. The zero-order chi connectivity index (χ0) is 25.5. The van der Waals surface area contributed by atoms with Crippen molar-refractivity contribution in [1.29, 1.82) is 0 Å². The summed E-state index contributed by atoms with van der Waals surface area (Å²) < 4.78 is 23.5. The first-order valence-electron chi connectivity index (χ1n) is 11.9. The highest BCUT2D eigenvalue weighted by Crippen LogP contribution is 2.25. The Hall–Kier alpha value is -2.88. The van der Waals surface area contributed by atoms with Gasteiger partial charge in [0.1, 0.15) is 17.3 Å². The summed E-state index contributed by atoms with van der Waals surface area (Å²) in [5, 5.41) is 3.64. The molecule has 36 heavy (non-hydrogen) atoms. The summed E-state index contributed by atoms with van der Waals surface area (Å²) in [6.45, 7) is 6.72. The van der Waals surface area contributed by atoms with Crippen LogP contribution in [0.1, 0.15) is 11.5 Å². The molecule has 1 amide bonds. The number of nitrogens with zero attached hydrogens (tertiary/aromatic N) is 3. The monoisotopic (exact) mass is 530 g/mol. The van der Waals surface area contributed by atoms with Gasteiger partial charge in [-0.1, -0.05) is 17.7 Å². The zero-order valence-electron chi connectivity index (χ0n) is 20.5. The average Bonchev–Trinajstić information content (AvgIpc) is 3.24. The van der Waals surface area contributed by atoms with E-state index in [1.807, 2.05) is 42.5 Å². The Labute approximate surface area is 219 Å². The number of hydrogen-bond acceptors (Lipinski definition) is 7. The second-order valence-corrected chi connectivity index (χ2v) is 10.5. The lowest BCUT2D eigenvalue weighted by atomic mass is 10.2. The van der Waals surface area contributed by atoms with E-state index in [2.05, 4.69) is 26.2 Å². The van der Waals surface area contributed by atoms with Crippen LogP contribution in [0.2, 0.25) is 5.02 Å². The molecule has 2 aromatic carbocycles. The minimum atomic E-state index is -1.38. The lowest BCUT2D eigenvalue weighted by molar-refractivity contribution is -0.118. The van der Waals surface area contributed by atoms with E-state index in [9.17, 15) is 9.00 Å². The van der Waals surface area contributed by atoms with Crippen molar-refractivity contribution in [2.24, 2.45) is 0 Å². The number of carbonyl (C=O) groups is 1. The number of benzene rings is 2. The van der Waals surface area contributed by atoms with Crippen molar-refractivity contribution in [2.75, 3.05) is 57.0 Å². The predicted octanol–water partition coefficient (Wildman–Crippen LogP) is 3.50. The molecule has 1 atom stereocenters. The molecular formula is C26H31ClN4O4S. The second kappa shape index (κ2) is 12.4. The molecule has 0 bridgehead atoms. The van der Waals surface area contributed by atoms with Crippen LogP contribution in [-0.4, -0.2) is 72.1 Å². The summed E-state index contributed by atoms with van der Waals surface area (Å²) in [5.41, 5.74) is 2.54. The maximum Gasteiger partial charge on any atom is 0.232 e. The van der Waals surface area contributed by atoms with Gasteiger partial charge in [-0.25, -0.2) is 4.98 Å². The van der Waals surface area contributed by atoms with Crippen molar-refractivity contribution in [1.82, 2.24) is 15.2 Å². The lowest BCUT2D eigenvalue weighted by Gasteiger charge is -2.36. The van der Waals surface area contributed by atoms with Gasteiger partial charge in [0, 0.05) is 66.3 Å². The third kappa shape index (κ3) is 7.09. The normalized spacial score (nSPS) is 15.0. The molecule has 1 N–H and O–H groups in total. The van der Waals surface area contributed by atoms with Crippen molar-refractivity contribution in [3.63, 3.8) is 0 Å². The third-order valence-electron chi connectivity index (χ3n) is 6.12. The number of aromatic nitrogens is 1. The van der Waals surface area contributed by atoms with Gasteiger partial charge >= 0.3 is 0 Å². The van der Waals surface area contributed by atoms with Gasteiger partial charge in [-0.15, -0.1) is 0 Å². The highest BCUT2D eigenvalue weighted by Gasteiger charge is 2.19. The summed E-state index contributed by atoms with van der Waals surface area (Å²) >= 11 is 6.10. The first-order valence-corrected chi connectivity index (χ1v) is 13.7. The summed E-state index contributed by atoms with van der Waals surface area (Å²) in [7, 11) is 0.228. The van der Waals surface area contributed by atoms with Crippen LogP contribution in [0.15, 0.2) is 52.9 Å². The average molecular weight is 531 g/mol. The number of rotatable bonds is 10. The SMILES string of the molecule is COc1ccc(-c2nc(C[S@](=O)CC(=O)NCCN3CCN(c4cccc(Cl)c4)CC3)c(C)o2)cc1. The smallest absolute Gasteiger partial charge is 0.232 e. The number of aryl methyl sites for hydroxylation is 1. The molecule has 0 radical (unpaired) electrons. The first-order chi connectivity index (χ1) is 17.4. The van der Waals surface area contributed by atoms with Gasteiger partial charge in [-0.2, -0.15) is 0 Å². The van der Waals surface area contributed by atoms with E-state index in [1.54, 1.807) is 14.0 Å². The van der Waals surface area contributed by atoms with Gasteiger partial charge < -0.3 is 19.4 Å². The molecule has 0 unspecified atom stereocenters. The van der Waals surface area contributed by atoms with Crippen molar-refractivity contribution in [2.45, 2.75) is 12.7 Å². The number of oxazole rings is 1. The molecule has 1 saturated heterocycles. The first kappa shape index (κ1) is 26.2. The number of piperazine rings is 1. The standard InChI is InChI=1S/C26H31ClN4O4S/c1-19-24(29-26(35-19)20-6-8-23(34-2)9-7-20)17-36(33)18-25(32)28-10-11-30-12-14-31(15-13-30)22-5-3-4-21(27)16-22/h3-9,16H,10-15,17-18H2,1-2H3,(H,28,32)/t36-/m0/s1. The van der Waals surface area contributed by atoms with Crippen LogP contribution in [-0.2, 0) is 21.3 Å². The molecular weight excluding hydrogens is 500 g/mol. The molecule has 4 rings (SSSR count). The molecule has 1 aromatic heterocycles. The molecule has 1 fully saturated rings. The largest absolute Gasteiger partial charge is 0.497 e. The summed E-state index contributed by atoms with van der Waals surface area (Å²) in [6.07, 6.45) is 0. The topological polar surface area (TPSA) is 87.9 Å². The van der Waals surface area contributed by atoms with Crippen molar-refractivity contribution in [3.05, 3.63) is 65.0 Å². The predicted molar refractivity (Wildman–Crippen MR) is 143 cm³/mol. The Bertz CT molecular complexity index is 1190. The van der Waals surface area contributed by atoms with E-state index >= 15 is 0 Å². The molecule has 2 heterocycles. The zero-order valence-corrected chi connectivity index (χ0v) is 22.1.